The minimum absolute atomic E-state index is 0.0431. The fourth-order valence-electron chi connectivity index (χ4n) is 1.37. The van der Waals surface area contributed by atoms with Crippen LogP contribution in [0.3, 0.4) is 0 Å². The molecule has 1 aromatic carbocycles. The number of halogens is 1. The number of hydrogen-bond donors (Lipinski definition) is 1. The van der Waals surface area contributed by atoms with Gasteiger partial charge in [0.25, 0.3) is 5.91 Å². The van der Waals surface area contributed by atoms with E-state index in [9.17, 15) is 4.79 Å². The van der Waals surface area contributed by atoms with E-state index in [2.05, 4.69) is 21.2 Å². The molecule has 0 atom stereocenters. The standard InChI is InChI=1S/C12H14BrNO3/c1-16-9-4-5-11(10(13)6-9)17-7-12(15)14-8-2-3-8/h4-6,8H,2-3,7H2,1H3,(H,14,15). The first-order chi connectivity index (χ1) is 8.19. The lowest BCUT2D eigenvalue weighted by atomic mass is 10.3. The fraction of sp³-hybridized carbons (Fsp3) is 0.417. The van der Waals surface area contributed by atoms with E-state index in [4.69, 9.17) is 9.47 Å². The second-order valence-electron chi connectivity index (χ2n) is 3.93. The molecule has 5 heteroatoms. The van der Waals surface area contributed by atoms with Crippen molar-refractivity contribution in [2.45, 2.75) is 18.9 Å². The zero-order valence-corrected chi connectivity index (χ0v) is 11.1. The van der Waals surface area contributed by atoms with E-state index in [0.29, 0.717) is 11.8 Å². The predicted octanol–water partition coefficient (Wildman–Crippen LogP) is 2.12. The average molecular weight is 300 g/mol. The Labute approximate surface area is 108 Å². The SMILES string of the molecule is COc1ccc(OCC(=O)NC2CC2)c(Br)c1. The van der Waals surface area contributed by atoms with Crippen LogP contribution in [0.5, 0.6) is 11.5 Å². The Morgan fingerprint density at radius 1 is 1.53 bits per heavy atom. The molecule has 0 bridgehead atoms. The van der Waals surface area contributed by atoms with E-state index in [-0.39, 0.29) is 12.5 Å². The second kappa shape index (κ2) is 5.40. The lowest BCUT2D eigenvalue weighted by Gasteiger charge is -2.09. The van der Waals surface area contributed by atoms with Crippen LogP contribution in [0, 0.1) is 0 Å². The third-order valence-corrected chi connectivity index (χ3v) is 3.06. The van der Waals surface area contributed by atoms with Gasteiger partial charge >= 0.3 is 0 Å². The molecule has 2 rings (SSSR count). The van der Waals surface area contributed by atoms with Gasteiger partial charge in [-0.2, -0.15) is 0 Å². The number of rotatable bonds is 5. The third kappa shape index (κ3) is 3.63. The van der Waals surface area contributed by atoms with Crippen molar-refractivity contribution in [3.8, 4) is 11.5 Å². The van der Waals surface area contributed by atoms with Gasteiger partial charge in [-0.1, -0.05) is 0 Å². The Bertz CT molecular complexity index is 418. The summed E-state index contributed by atoms with van der Waals surface area (Å²) in [7, 11) is 1.60. The van der Waals surface area contributed by atoms with E-state index in [1.165, 1.54) is 0 Å². The van der Waals surface area contributed by atoms with Gasteiger partial charge < -0.3 is 14.8 Å². The predicted molar refractivity (Wildman–Crippen MR) is 67.4 cm³/mol. The number of benzene rings is 1. The topological polar surface area (TPSA) is 47.6 Å². The minimum Gasteiger partial charge on any atom is -0.497 e. The van der Waals surface area contributed by atoms with Gasteiger partial charge in [0.2, 0.25) is 0 Å². The monoisotopic (exact) mass is 299 g/mol. The van der Waals surface area contributed by atoms with E-state index in [1.807, 2.05) is 0 Å². The van der Waals surface area contributed by atoms with Gasteiger partial charge in [-0.3, -0.25) is 4.79 Å². The Hall–Kier alpha value is -1.23. The lowest BCUT2D eigenvalue weighted by Crippen LogP contribution is -2.30. The summed E-state index contributed by atoms with van der Waals surface area (Å²) in [5.74, 6) is 1.30. The first-order valence-electron chi connectivity index (χ1n) is 5.45. The van der Waals surface area contributed by atoms with Crippen LogP contribution in [0.15, 0.2) is 22.7 Å². The largest absolute Gasteiger partial charge is 0.497 e. The van der Waals surface area contributed by atoms with Crippen LogP contribution in [-0.2, 0) is 4.79 Å². The summed E-state index contributed by atoms with van der Waals surface area (Å²) in [5.41, 5.74) is 0. The number of carbonyl (C=O) groups is 1. The van der Waals surface area contributed by atoms with Gasteiger partial charge in [-0.05, 0) is 47.0 Å². The Morgan fingerprint density at radius 2 is 2.29 bits per heavy atom. The molecule has 4 nitrogen and oxygen atoms in total. The van der Waals surface area contributed by atoms with Gasteiger partial charge in [0.1, 0.15) is 11.5 Å². The first-order valence-corrected chi connectivity index (χ1v) is 6.24. The Kier molecular flexibility index (Phi) is 3.89. The summed E-state index contributed by atoms with van der Waals surface area (Å²) in [6.45, 7) is 0.0431. The average Bonchev–Trinajstić information content (AvgIpc) is 3.11. The molecule has 1 aromatic rings. The molecule has 1 aliphatic rings. The number of ether oxygens (including phenoxy) is 2. The number of methoxy groups -OCH3 is 1. The highest BCUT2D eigenvalue weighted by molar-refractivity contribution is 9.10. The van der Waals surface area contributed by atoms with Crippen molar-refractivity contribution in [1.82, 2.24) is 5.32 Å². The van der Waals surface area contributed by atoms with Crippen molar-refractivity contribution in [1.29, 1.82) is 0 Å². The highest BCUT2D eigenvalue weighted by atomic mass is 79.9. The van der Waals surface area contributed by atoms with Crippen LogP contribution in [0.2, 0.25) is 0 Å². The molecule has 1 aliphatic carbocycles. The highest BCUT2D eigenvalue weighted by Crippen LogP contribution is 2.29. The van der Waals surface area contributed by atoms with Gasteiger partial charge in [0.05, 0.1) is 11.6 Å². The molecule has 1 amide bonds. The van der Waals surface area contributed by atoms with Crippen molar-refractivity contribution in [2.75, 3.05) is 13.7 Å². The maximum Gasteiger partial charge on any atom is 0.258 e. The highest BCUT2D eigenvalue weighted by Gasteiger charge is 2.23. The van der Waals surface area contributed by atoms with E-state index < -0.39 is 0 Å². The molecule has 1 fully saturated rings. The summed E-state index contributed by atoms with van der Waals surface area (Å²) in [4.78, 5) is 11.4. The molecule has 0 saturated heterocycles. The van der Waals surface area contributed by atoms with Gasteiger partial charge in [-0.15, -0.1) is 0 Å². The molecule has 0 unspecified atom stereocenters. The van der Waals surface area contributed by atoms with E-state index in [1.54, 1.807) is 25.3 Å². The van der Waals surface area contributed by atoms with Crippen LogP contribution in [0.4, 0.5) is 0 Å². The normalized spacial score (nSPS) is 14.2. The van der Waals surface area contributed by atoms with Crippen molar-refractivity contribution in [3.63, 3.8) is 0 Å². The molecule has 0 aromatic heterocycles. The quantitative estimate of drug-likeness (QED) is 0.906. The zero-order valence-electron chi connectivity index (χ0n) is 9.53. The third-order valence-electron chi connectivity index (χ3n) is 2.44. The van der Waals surface area contributed by atoms with E-state index >= 15 is 0 Å². The summed E-state index contributed by atoms with van der Waals surface area (Å²) >= 11 is 3.36. The molecule has 17 heavy (non-hydrogen) atoms. The van der Waals surface area contributed by atoms with Crippen molar-refractivity contribution in [3.05, 3.63) is 22.7 Å². The zero-order chi connectivity index (χ0) is 12.3. The Balaban J connectivity index is 1.87. The maximum atomic E-state index is 11.4. The van der Waals surface area contributed by atoms with Crippen LogP contribution < -0.4 is 14.8 Å². The first kappa shape index (κ1) is 12.2. The molecule has 0 spiro atoms. The van der Waals surface area contributed by atoms with Crippen LogP contribution in [0.25, 0.3) is 0 Å². The van der Waals surface area contributed by atoms with E-state index in [0.717, 1.165) is 23.1 Å². The summed E-state index contributed by atoms with van der Waals surface area (Å²) < 4.78 is 11.3. The second-order valence-corrected chi connectivity index (χ2v) is 4.78. The number of hydrogen-bond acceptors (Lipinski definition) is 3. The lowest BCUT2D eigenvalue weighted by molar-refractivity contribution is -0.123. The van der Waals surface area contributed by atoms with Crippen LogP contribution >= 0.6 is 15.9 Å². The fourth-order valence-corrected chi connectivity index (χ4v) is 1.84. The number of nitrogens with one attached hydrogen (secondary N) is 1. The summed E-state index contributed by atoms with van der Waals surface area (Å²) in [5, 5.41) is 2.86. The van der Waals surface area contributed by atoms with Gasteiger partial charge in [-0.25, -0.2) is 0 Å². The molecule has 1 N–H and O–H groups in total. The summed E-state index contributed by atoms with van der Waals surface area (Å²) in [6.07, 6.45) is 2.16. The summed E-state index contributed by atoms with van der Waals surface area (Å²) in [6, 6.07) is 5.73. The van der Waals surface area contributed by atoms with Crippen LogP contribution in [-0.4, -0.2) is 25.7 Å². The Morgan fingerprint density at radius 3 is 2.88 bits per heavy atom. The van der Waals surface area contributed by atoms with Crippen LogP contribution in [0.1, 0.15) is 12.8 Å². The van der Waals surface area contributed by atoms with Gasteiger partial charge in [0, 0.05) is 6.04 Å². The molecule has 1 saturated carbocycles. The molecule has 0 radical (unpaired) electrons. The van der Waals surface area contributed by atoms with Crippen molar-refractivity contribution >= 4 is 21.8 Å². The number of carbonyl (C=O) groups excluding carboxylic acids is 1. The maximum absolute atomic E-state index is 11.4. The van der Waals surface area contributed by atoms with Gasteiger partial charge in [0.15, 0.2) is 6.61 Å². The molecular weight excluding hydrogens is 286 g/mol. The van der Waals surface area contributed by atoms with Crippen molar-refractivity contribution < 1.29 is 14.3 Å². The van der Waals surface area contributed by atoms with Crippen molar-refractivity contribution in [2.24, 2.45) is 0 Å². The smallest absolute Gasteiger partial charge is 0.258 e. The molecule has 0 heterocycles. The minimum atomic E-state index is -0.0739. The molecule has 92 valence electrons. The molecular formula is C12H14BrNO3. The number of amides is 1. The molecule has 0 aliphatic heterocycles.